The van der Waals surface area contributed by atoms with Crippen molar-refractivity contribution in [1.29, 1.82) is 0 Å². The van der Waals surface area contributed by atoms with E-state index in [1.807, 2.05) is 0 Å². The van der Waals surface area contributed by atoms with Crippen LogP contribution in [0.15, 0.2) is 12.4 Å². The first-order valence-electron chi connectivity index (χ1n) is 9.76. The number of piperidine rings is 1. The van der Waals surface area contributed by atoms with Crippen molar-refractivity contribution in [3.8, 4) is 5.88 Å². The number of fused-ring (bicyclic) bond motifs is 4. The van der Waals surface area contributed by atoms with Gasteiger partial charge in [-0.25, -0.2) is 18.1 Å². The molecule has 3 aliphatic heterocycles. The molecular weight excluding hydrogens is 368 g/mol. The van der Waals surface area contributed by atoms with E-state index in [1.165, 1.54) is 6.26 Å². The van der Waals surface area contributed by atoms with E-state index in [0.717, 1.165) is 50.8 Å². The van der Waals surface area contributed by atoms with Gasteiger partial charge in [0, 0.05) is 30.9 Å². The second-order valence-corrected chi connectivity index (χ2v) is 9.63. The Morgan fingerprint density at radius 2 is 1.93 bits per heavy atom. The van der Waals surface area contributed by atoms with Gasteiger partial charge in [-0.05, 0) is 38.5 Å². The lowest BCUT2D eigenvalue weighted by Crippen LogP contribution is -2.58. The van der Waals surface area contributed by atoms with E-state index >= 15 is 0 Å². The zero-order valence-electron chi connectivity index (χ0n) is 15.7. The Hall–Kier alpha value is -1.29. The minimum absolute atomic E-state index is 0.0502. The minimum Gasteiger partial charge on any atom is -0.460 e. The number of rotatable bonds is 2. The SMILES string of the molecule is CS(=O)(=O)N[C@H]1CCCN2COc3nccnc3[C@H]3CC[C@H](CC3)OC[C@@H]12. The Bertz CT molecular complexity index is 751. The van der Waals surface area contributed by atoms with Gasteiger partial charge in [-0.2, -0.15) is 0 Å². The Kier molecular flexibility index (Phi) is 5.63. The van der Waals surface area contributed by atoms with Crippen LogP contribution < -0.4 is 9.46 Å². The van der Waals surface area contributed by atoms with Crippen molar-refractivity contribution < 1.29 is 17.9 Å². The second-order valence-electron chi connectivity index (χ2n) is 7.85. The van der Waals surface area contributed by atoms with E-state index in [1.54, 1.807) is 12.4 Å². The Labute approximate surface area is 160 Å². The summed E-state index contributed by atoms with van der Waals surface area (Å²) < 4.78 is 38.8. The average molecular weight is 397 g/mol. The molecule has 1 aromatic rings. The van der Waals surface area contributed by atoms with Gasteiger partial charge in [-0.1, -0.05) is 0 Å². The average Bonchev–Trinajstić information content (AvgIpc) is 2.64. The van der Waals surface area contributed by atoms with Crippen LogP contribution in [0.2, 0.25) is 0 Å². The van der Waals surface area contributed by atoms with E-state index in [4.69, 9.17) is 9.47 Å². The smallest absolute Gasteiger partial charge is 0.237 e. The monoisotopic (exact) mass is 396 g/mol. The maximum Gasteiger partial charge on any atom is 0.237 e. The molecule has 1 saturated carbocycles. The lowest BCUT2D eigenvalue weighted by molar-refractivity contribution is -0.0486. The molecule has 2 fully saturated rings. The molecule has 0 aromatic carbocycles. The fourth-order valence-electron chi connectivity index (χ4n) is 4.53. The lowest BCUT2D eigenvalue weighted by Gasteiger charge is -2.42. The van der Waals surface area contributed by atoms with E-state index in [-0.39, 0.29) is 18.2 Å². The molecule has 2 atom stereocenters. The fourth-order valence-corrected chi connectivity index (χ4v) is 5.36. The van der Waals surface area contributed by atoms with Gasteiger partial charge < -0.3 is 9.47 Å². The number of nitrogens with zero attached hydrogens (tertiary/aromatic N) is 3. The first-order chi connectivity index (χ1) is 13.0. The summed E-state index contributed by atoms with van der Waals surface area (Å²) in [5, 5.41) is 0. The highest BCUT2D eigenvalue weighted by molar-refractivity contribution is 7.88. The topological polar surface area (TPSA) is 93.7 Å². The molecule has 4 aliphatic rings. The molecule has 150 valence electrons. The van der Waals surface area contributed by atoms with Crippen molar-refractivity contribution in [3.63, 3.8) is 0 Å². The molecule has 4 heterocycles. The molecule has 2 bridgehead atoms. The summed E-state index contributed by atoms with van der Waals surface area (Å²) >= 11 is 0. The summed E-state index contributed by atoms with van der Waals surface area (Å²) in [6.45, 7) is 1.72. The summed E-state index contributed by atoms with van der Waals surface area (Å²) in [6.07, 6.45) is 10.5. The third kappa shape index (κ3) is 4.59. The maximum atomic E-state index is 11.8. The number of hydrogen-bond donors (Lipinski definition) is 1. The van der Waals surface area contributed by atoms with Gasteiger partial charge in [0.15, 0.2) is 0 Å². The van der Waals surface area contributed by atoms with Gasteiger partial charge in [-0.3, -0.25) is 9.88 Å². The second kappa shape index (κ2) is 7.98. The third-order valence-electron chi connectivity index (χ3n) is 5.88. The van der Waals surface area contributed by atoms with Crippen molar-refractivity contribution in [3.05, 3.63) is 18.1 Å². The van der Waals surface area contributed by atoms with Gasteiger partial charge in [0.25, 0.3) is 0 Å². The third-order valence-corrected chi connectivity index (χ3v) is 6.61. The zero-order valence-corrected chi connectivity index (χ0v) is 16.5. The van der Waals surface area contributed by atoms with Crippen molar-refractivity contribution in [1.82, 2.24) is 19.6 Å². The maximum absolute atomic E-state index is 11.8. The van der Waals surface area contributed by atoms with E-state index in [0.29, 0.717) is 25.1 Å². The van der Waals surface area contributed by atoms with Crippen molar-refractivity contribution in [2.45, 2.75) is 62.6 Å². The molecule has 0 spiro atoms. The van der Waals surface area contributed by atoms with Crippen LogP contribution in [0.25, 0.3) is 0 Å². The molecule has 0 unspecified atom stereocenters. The Morgan fingerprint density at radius 3 is 2.70 bits per heavy atom. The van der Waals surface area contributed by atoms with Crippen LogP contribution in [0.4, 0.5) is 0 Å². The van der Waals surface area contributed by atoms with Gasteiger partial charge >= 0.3 is 0 Å². The van der Waals surface area contributed by atoms with Crippen LogP contribution in [-0.4, -0.2) is 67.6 Å². The van der Waals surface area contributed by atoms with Crippen LogP contribution in [-0.2, 0) is 14.8 Å². The first kappa shape index (κ1) is 19.0. The normalized spacial score (nSPS) is 32.5. The molecule has 8 nitrogen and oxygen atoms in total. The number of hydrogen-bond acceptors (Lipinski definition) is 7. The van der Waals surface area contributed by atoms with Crippen molar-refractivity contribution in [2.75, 3.05) is 26.1 Å². The number of nitrogens with one attached hydrogen (secondary N) is 1. The molecule has 0 radical (unpaired) electrons. The van der Waals surface area contributed by atoms with Gasteiger partial charge in [-0.15, -0.1) is 0 Å². The standard InChI is InChI=1S/C18H28N4O4S/c1-27(23,24)21-15-3-2-10-22-12-26-18-17(19-8-9-20-18)13-4-6-14(7-5-13)25-11-16(15)22/h8-9,13-16,21H,2-7,10-12H2,1H3/t13-,14+,15-,16-/m0/s1. The summed E-state index contributed by atoms with van der Waals surface area (Å²) in [7, 11) is -3.28. The zero-order chi connectivity index (χ0) is 18.9. The highest BCUT2D eigenvalue weighted by Crippen LogP contribution is 2.37. The Morgan fingerprint density at radius 1 is 1.15 bits per heavy atom. The van der Waals surface area contributed by atoms with Crippen LogP contribution in [0, 0.1) is 0 Å². The minimum atomic E-state index is -3.28. The molecule has 1 aliphatic carbocycles. The van der Waals surface area contributed by atoms with Crippen LogP contribution in [0.1, 0.15) is 50.1 Å². The number of aromatic nitrogens is 2. The predicted molar refractivity (Wildman–Crippen MR) is 100.0 cm³/mol. The molecule has 27 heavy (non-hydrogen) atoms. The van der Waals surface area contributed by atoms with E-state index < -0.39 is 10.0 Å². The largest absolute Gasteiger partial charge is 0.460 e. The molecule has 0 amide bonds. The Balaban J connectivity index is 1.60. The molecule has 5 rings (SSSR count). The molecule has 1 aromatic heterocycles. The van der Waals surface area contributed by atoms with Crippen LogP contribution in [0.5, 0.6) is 5.88 Å². The molecule has 1 N–H and O–H groups in total. The van der Waals surface area contributed by atoms with Crippen LogP contribution >= 0.6 is 0 Å². The van der Waals surface area contributed by atoms with E-state index in [2.05, 4.69) is 19.6 Å². The summed E-state index contributed by atoms with van der Waals surface area (Å²) in [4.78, 5) is 11.1. The highest BCUT2D eigenvalue weighted by atomic mass is 32.2. The summed E-state index contributed by atoms with van der Waals surface area (Å²) in [5.74, 6) is 0.976. The number of sulfonamides is 1. The van der Waals surface area contributed by atoms with Gasteiger partial charge in [0.2, 0.25) is 15.9 Å². The quantitative estimate of drug-likeness (QED) is 0.804. The van der Waals surface area contributed by atoms with Gasteiger partial charge in [0.1, 0.15) is 12.4 Å². The van der Waals surface area contributed by atoms with Crippen molar-refractivity contribution >= 4 is 10.0 Å². The van der Waals surface area contributed by atoms with Crippen molar-refractivity contribution in [2.24, 2.45) is 0 Å². The molecule has 1 saturated heterocycles. The summed E-state index contributed by atoms with van der Waals surface area (Å²) in [6, 6.07) is -0.219. The summed E-state index contributed by atoms with van der Waals surface area (Å²) in [5.41, 5.74) is 0.941. The van der Waals surface area contributed by atoms with Crippen LogP contribution in [0.3, 0.4) is 0 Å². The fraction of sp³-hybridized carbons (Fsp3) is 0.778. The molecular formula is C18H28N4O4S. The highest BCUT2D eigenvalue weighted by Gasteiger charge is 2.36. The lowest BCUT2D eigenvalue weighted by atomic mass is 9.85. The number of ether oxygens (including phenoxy) is 2. The van der Waals surface area contributed by atoms with Gasteiger partial charge in [0.05, 0.1) is 25.0 Å². The molecule has 9 heteroatoms. The van der Waals surface area contributed by atoms with E-state index in [9.17, 15) is 8.42 Å². The first-order valence-corrected chi connectivity index (χ1v) is 11.7. The predicted octanol–water partition coefficient (Wildman–Crippen LogP) is 1.25.